The highest BCUT2D eigenvalue weighted by Gasteiger charge is 2.23. The van der Waals surface area contributed by atoms with Gasteiger partial charge in [0.25, 0.3) is 0 Å². The van der Waals surface area contributed by atoms with Crippen LogP contribution < -0.4 is 5.32 Å². The van der Waals surface area contributed by atoms with Crippen LogP contribution in [0.3, 0.4) is 0 Å². The van der Waals surface area contributed by atoms with Crippen LogP contribution >= 0.6 is 0 Å². The Morgan fingerprint density at radius 1 is 0.774 bits per heavy atom. The molecule has 0 aliphatic heterocycles. The van der Waals surface area contributed by atoms with E-state index in [2.05, 4.69) is 10.1 Å². The summed E-state index contributed by atoms with van der Waals surface area (Å²) in [5.41, 5.74) is 2.46. The first-order valence-corrected chi connectivity index (χ1v) is 9.80. The Labute approximate surface area is 180 Å². The quantitative estimate of drug-likeness (QED) is 0.439. The van der Waals surface area contributed by atoms with Crippen LogP contribution in [0.15, 0.2) is 84.9 Å². The summed E-state index contributed by atoms with van der Waals surface area (Å²) in [7, 11) is 1.29. The number of alkyl carbamates (subject to hydrolysis) is 1. The summed E-state index contributed by atoms with van der Waals surface area (Å²) >= 11 is 0. The van der Waals surface area contributed by atoms with Crippen molar-refractivity contribution < 1.29 is 23.9 Å². The zero-order valence-corrected chi connectivity index (χ0v) is 17.1. The number of amides is 1. The predicted octanol–water partition coefficient (Wildman–Crippen LogP) is 4.19. The molecule has 0 saturated heterocycles. The maximum atomic E-state index is 13.1. The topological polar surface area (TPSA) is 81.7 Å². The van der Waals surface area contributed by atoms with Gasteiger partial charge in [0.05, 0.1) is 18.7 Å². The molecule has 3 rings (SSSR count). The fraction of sp³-hybridized carbons (Fsp3) is 0.160. The molecule has 0 bridgehead atoms. The Kier molecular flexibility index (Phi) is 7.54. The minimum atomic E-state index is -0.824. The van der Waals surface area contributed by atoms with Crippen molar-refractivity contribution in [3.63, 3.8) is 0 Å². The molecule has 1 amide bonds. The average Bonchev–Trinajstić information content (AvgIpc) is 2.83. The van der Waals surface area contributed by atoms with Crippen LogP contribution in [0.2, 0.25) is 0 Å². The highest BCUT2D eigenvalue weighted by Crippen LogP contribution is 2.12. The van der Waals surface area contributed by atoms with Crippen LogP contribution in [-0.4, -0.2) is 31.0 Å². The van der Waals surface area contributed by atoms with Crippen LogP contribution in [0.4, 0.5) is 4.79 Å². The van der Waals surface area contributed by atoms with Crippen molar-refractivity contribution in [2.45, 2.75) is 19.1 Å². The van der Waals surface area contributed by atoms with Crippen molar-refractivity contribution in [2.75, 3.05) is 7.11 Å². The lowest BCUT2D eigenvalue weighted by atomic mass is 9.97. The van der Waals surface area contributed by atoms with Crippen LogP contribution in [0, 0.1) is 0 Å². The van der Waals surface area contributed by atoms with Crippen molar-refractivity contribution in [1.29, 1.82) is 0 Å². The van der Waals surface area contributed by atoms with Crippen LogP contribution in [0.1, 0.15) is 31.8 Å². The van der Waals surface area contributed by atoms with Crippen molar-refractivity contribution in [1.82, 2.24) is 5.32 Å². The molecule has 1 N–H and O–H groups in total. The van der Waals surface area contributed by atoms with Crippen molar-refractivity contribution >= 4 is 17.8 Å². The van der Waals surface area contributed by atoms with Crippen LogP contribution in [-0.2, 0) is 22.5 Å². The molecular weight excluding hydrogens is 394 g/mol. The average molecular weight is 417 g/mol. The first-order chi connectivity index (χ1) is 15.1. The van der Waals surface area contributed by atoms with E-state index in [1.165, 1.54) is 19.2 Å². The number of methoxy groups -OCH3 is 1. The summed E-state index contributed by atoms with van der Waals surface area (Å²) < 4.78 is 9.97. The Balaban J connectivity index is 1.73. The van der Waals surface area contributed by atoms with Gasteiger partial charge in [-0.2, -0.15) is 0 Å². The molecule has 6 nitrogen and oxygen atoms in total. The number of esters is 1. The number of nitrogens with one attached hydrogen (secondary N) is 1. The molecule has 3 aromatic rings. The third-order valence-corrected chi connectivity index (χ3v) is 4.69. The van der Waals surface area contributed by atoms with Crippen molar-refractivity contribution in [3.05, 3.63) is 107 Å². The Morgan fingerprint density at radius 3 is 1.90 bits per heavy atom. The number of benzene rings is 3. The molecule has 0 aliphatic carbocycles. The molecule has 3 aromatic carbocycles. The van der Waals surface area contributed by atoms with E-state index in [-0.39, 0.29) is 12.4 Å². The normalized spacial score (nSPS) is 11.3. The van der Waals surface area contributed by atoms with E-state index >= 15 is 0 Å². The van der Waals surface area contributed by atoms with Gasteiger partial charge >= 0.3 is 12.1 Å². The van der Waals surface area contributed by atoms with E-state index in [1.54, 1.807) is 12.1 Å². The maximum Gasteiger partial charge on any atom is 0.408 e. The second-order valence-corrected chi connectivity index (χ2v) is 6.88. The SMILES string of the molecule is COC(=O)c1ccc(C(=O)C(Cc2ccccc2)NC(=O)OCc2ccccc2)cc1. The van der Waals surface area contributed by atoms with E-state index in [0.717, 1.165) is 11.1 Å². The lowest BCUT2D eigenvalue weighted by molar-refractivity contribution is 0.0600. The standard InChI is InChI=1S/C25H23NO5/c1-30-24(28)21-14-12-20(13-15-21)23(27)22(16-18-8-4-2-5-9-18)26-25(29)31-17-19-10-6-3-7-11-19/h2-15,22H,16-17H2,1H3,(H,26,29). The second kappa shape index (κ2) is 10.7. The molecule has 158 valence electrons. The highest BCUT2D eigenvalue weighted by molar-refractivity contribution is 6.02. The third-order valence-electron chi connectivity index (χ3n) is 4.69. The molecule has 0 aromatic heterocycles. The number of carbonyl (C=O) groups is 3. The number of hydrogen-bond donors (Lipinski definition) is 1. The summed E-state index contributed by atoms with van der Waals surface area (Å²) in [6.07, 6.45) is -0.372. The van der Waals surface area contributed by atoms with Gasteiger partial charge in [-0.1, -0.05) is 72.8 Å². The molecule has 0 fully saturated rings. The highest BCUT2D eigenvalue weighted by atomic mass is 16.5. The summed E-state index contributed by atoms with van der Waals surface area (Å²) in [6.45, 7) is 0.104. The van der Waals surface area contributed by atoms with E-state index in [1.807, 2.05) is 60.7 Å². The monoisotopic (exact) mass is 417 g/mol. The van der Waals surface area contributed by atoms with Crippen LogP contribution in [0.5, 0.6) is 0 Å². The zero-order chi connectivity index (χ0) is 22.1. The molecule has 1 atom stereocenters. The van der Waals surface area contributed by atoms with Crippen molar-refractivity contribution in [2.24, 2.45) is 0 Å². The largest absolute Gasteiger partial charge is 0.465 e. The summed E-state index contributed by atoms with van der Waals surface area (Å²) in [5.74, 6) is -0.764. The molecule has 0 aliphatic rings. The van der Waals surface area contributed by atoms with Crippen molar-refractivity contribution in [3.8, 4) is 0 Å². The summed E-state index contributed by atoms with van der Waals surface area (Å²) in [6, 6.07) is 24.0. The molecule has 0 spiro atoms. The predicted molar refractivity (Wildman–Crippen MR) is 116 cm³/mol. The van der Waals surface area contributed by atoms with Gasteiger partial charge < -0.3 is 14.8 Å². The minimum absolute atomic E-state index is 0.104. The molecule has 31 heavy (non-hydrogen) atoms. The smallest absolute Gasteiger partial charge is 0.408 e. The van der Waals surface area contributed by atoms with Gasteiger partial charge in [0.2, 0.25) is 0 Å². The van der Waals surface area contributed by atoms with Gasteiger partial charge in [-0.25, -0.2) is 9.59 Å². The second-order valence-electron chi connectivity index (χ2n) is 6.88. The number of hydrogen-bond acceptors (Lipinski definition) is 5. The lowest BCUT2D eigenvalue weighted by Gasteiger charge is -2.18. The van der Waals surface area contributed by atoms with Gasteiger partial charge in [0.1, 0.15) is 6.61 Å². The molecular formula is C25H23NO5. The Hall–Kier alpha value is -3.93. The van der Waals surface area contributed by atoms with Gasteiger partial charge in [0, 0.05) is 12.0 Å². The summed E-state index contributed by atoms with van der Waals surface area (Å²) in [4.78, 5) is 37.1. The zero-order valence-electron chi connectivity index (χ0n) is 17.1. The van der Waals surface area contributed by atoms with E-state index in [9.17, 15) is 14.4 Å². The fourth-order valence-corrected chi connectivity index (χ4v) is 3.06. The third kappa shape index (κ3) is 6.27. The Morgan fingerprint density at radius 2 is 1.32 bits per heavy atom. The van der Waals surface area contributed by atoms with Crippen LogP contribution in [0.25, 0.3) is 0 Å². The van der Waals surface area contributed by atoms with Gasteiger partial charge in [0.15, 0.2) is 5.78 Å². The van der Waals surface area contributed by atoms with E-state index < -0.39 is 18.1 Å². The fourth-order valence-electron chi connectivity index (χ4n) is 3.06. The number of ether oxygens (including phenoxy) is 2. The van der Waals surface area contributed by atoms with E-state index in [0.29, 0.717) is 17.5 Å². The molecule has 1 unspecified atom stereocenters. The summed E-state index contributed by atoms with van der Waals surface area (Å²) in [5, 5.41) is 2.68. The lowest BCUT2D eigenvalue weighted by Crippen LogP contribution is -2.42. The molecule has 0 saturated carbocycles. The molecule has 0 radical (unpaired) electrons. The van der Waals surface area contributed by atoms with Gasteiger partial charge in [-0.15, -0.1) is 0 Å². The Bertz CT molecular complexity index is 1020. The molecule has 0 heterocycles. The number of ketones is 1. The minimum Gasteiger partial charge on any atom is -0.465 e. The number of carbonyl (C=O) groups excluding carboxylic acids is 3. The van der Waals surface area contributed by atoms with Gasteiger partial charge in [-0.3, -0.25) is 4.79 Å². The first kappa shape index (κ1) is 21.8. The number of rotatable bonds is 8. The van der Waals surface area contributed by atoms with E-state index in [4.69, 9.17) is 4.74 Å². The van der Waals surface area contributed by atoms with Gasteiger partial charge in [-0.05, 0) is 23.3 Å². The maximum absolute atomic E-state index is 13.1. The number of Topliss-reactive ketones (excluding diaryl/α,β-unsaturated/α-hetero) is 1. The first-order valence-electron chi connectivity index (χ1n) is 9.80. The molecule has 6 heteroatoms.